The molecular weight excluding hydrogens is 182 g/mol. The minimum Gasteiger partial charge on any atom is -0.314 e. The molecule has 1 fully saturated rings. The fourth-order valence-electron chi connectivity index (χ4n) is 2.73. The van der Waals surface area contributed by atoms with E-state index in [4.69, 9.17) is 0 Å². The molecule has 0 aromatic heterocycles. The summed E-state index contributed by atoms with van der Waals surface area (Å²) in [5.74, 6) is 1.04. The Labute approximate surface area is 96.0 Å². The molecule has 1 nitrogen and oxygen atoms in total. The van der Waals surface area contributed by atoms with Crippen molar-refractivity contribution in [3.63, 3.8) is 0 Å². The first-order valence-electron chi connectivity index (χ1n) is 7.10. The molecule has 2 atom stereocenters. The van der Waals surface area contributed by atoms with Gasteiger partial charge in [-0.3, -0.25) is 0 Å². The van der Waals surface area contributed by atoms with Gasteiger partial charge in [0, 0.05) is 6.04 Å². The molecule has 0 saturated heterocycles. The van der Waals surface area contributed by atoms with Crippen LogP contribution in [0.4, 0.5) is 0 Å². The van der Waals surface area contributed by atoms with Crippen LogP contribution in [0.5, 0.6) is 0 Å². The zero-order valence-corrected chi connectivity index (χ0v) is 10.7. The molecule has 0 aromatic carbocycles. The molecule has 1 heteroatoms. The number of hydrogen-bond acceptors (Lipinski definition) is 1. The summed E-state index contributed by atoms with van der Waals surface area (Å²) in [6.07, 6.45) is 12.9. The minimum absolute atomic E-state index is 0.848. The minimum atomic E-state index is 0.848. The zero-order chi connectivity index (χ0) is 10.9. The van der Waals surface area contributed by atoms with Gasteiger partial charge in [0.1, 0.15) is 0 Å². The number of hydrogen-bond donors (Lipinski definition) is 1. The van der Waals surface area contributed by atoms with Crippen LogP contribution in [0.25, 0.3) is 0 Å². The third-order valence-electron chi connectivity index (χ3n) is 3.69. The largest absolute Gasteiger partial charge is 0.314 e. The predicted molar refractivity (Wildman–Crippen MR) is 68.2 cm³/mol. The van der Waals surface area contributed by atoms with Crippen molar-refractivity contribution in [1.29, 1.82) is 0 Å². The Balaban J connectivity index is 1.98. The molecule has 1 aliphatic rings. The van der Waals surface area contributed by atoms with Crippen LogP contribution in [0.1, 0.15) is 71.6 Å². The van der Waals surface area contributed by atoms with Crippen LogP contribution in [0.3, 0.4) is 0 Å². The highest BCUT2D eigenvalue weighted by Crippen LogP contribution is 2.29. The summed E-state index contributed by atoms with van der Waals surface area (Å²) in [6, 6.07) is 0.848. The maximum absolute atomic E-state index is 3.66. The van der Waals surface area contributed by atoms with Crippen molar-refractivity contribution in [2.24, 2.45) is 5.92 Å². The molecule has 0 aromatic rings. The van der Waals surface area contributed by atoms with Crippen LogP contribution in [-0.4, -0.2) is 12.6 Å². The lowest BCUT2D eigenvalue weighted by molar-refractivity contribution is 0.442. The van der Waals surface area contributed by atoms with Gasteiger partial charge in [0.2, 0.25) is 0 Å². The summed E-state index contributed by atoms with van der Waals surface area (Å²) in [4.78, 5) is 0. The zero-order valence-electron chi connectivity index (χ0n) is 10.7. The van der Waals surface area contributed by atoms with Crippen molar-refractivity contribution in [2.45, 2.75) is 77.7 Å². The summed E-state index contributed by atoms with van der Waals surface area (Å²) >= 11 is 0. The molecule has 0 aliphatic heterocycles. The highest BCUT2D eigenvalue weighted by molar-refractivity contribution is 4.80. The predicted octanol–water partition coefficient (Wildman–Crippen LogP) is 4.13. The molecule has 1 N–H and O–H groups in total. The van der Waals surface area contributed by atoms with E-state index in [1.807, 2.05) is 0 Å². The van der Waals surface area contributed by atoms with Gasteiger partial charge < -0.3 is 5.32 Å². The first-order chi connectivity index (χ1) is 7.36. The second kappa shape index (κ2) is 8.15. The Morgan fingerprint density at radius 2 is 1.87 bits per heavy atom. The number of rotatable bonds is 8. The van der Waals surface area contributed by atoms with Crippen LogP contribution in [-0.2, 0) is 0 Å². The standard InChI is InChI=1S/C14H29N/c1-3-5-6-7-8-13-9-10-14(12-13)15-11-4-2/h13-15H,3-12H2,1-2H3. The Kier molecular flexibility index (Phi) is 7.08. The van der Waals surface area contributed by atoms with E-state index in [1.54, 1.807) is 0 Å². The average molecular weight is 211 g/mol. The molecule has 2 unspecified atom stereocenters. The second-order valence-corrected chi connectivity index (χ2v) is 5.18. The Hall–Kier alpha value is -0.0400. The highest BCUT2D eigenvalue weighted by Gasteiger charge is 2.23. The summed E-state index contributed by atoms with van der Waals surface area (Å²) in [5, 5.41) is 3.66. The summed E-state index contributed by atoms with van der Waals surface area (Å²) in [7, 11) is 0. The Morgan fingerprint density at radius 1 is 1.00 bits per heavy atom. The molecule has 0 amide bonds. The van der Waals surface area contributed by atoms with Gasteiger partial charge in [0.15, 0.2) is 0 Å². The third-order valence-corrected chi connectivity index (χ3v) is 3.69. The van der Waals surface area contributed by atoms with Crippen molar-refractivity contribution in [1.82, 2.24) is 5.32 Å². The Bertz CT molecular complexity index is 144. The lowest BCUT2D eigenvalue weighted by Gasteiger charge is -2.12. The van der Waals surface area contributed by atoms with Gasteiger partial charge >= 0.3 is 0 Å². The van der Waals surface area contributed by atoms with E-state index >= 15 is 0 Å². The van der Waals surface area contributed by atoms with E-state index in [2.05, 4.69) is 19.2 Å². The van der Waals surface area contributed by atoms with Crippen LogP contribution >= 0.6 is 0 Å². The van der Waals surface area contributed by atoms with Gasteiger partial charge in [-0.05, 0) is 38.1 Å². The molecule has 0 radical (unpaired) electrons. The smallest absolute Gasteiger partial charge is 0.00698 e. The molecular formula is C14H29N. The number of nitrogens with one attached hydrogen (secondary N) is 1. The fraction of sp³-hybridized carbons (Fsp3) is 1.00. The maximum atomic E-state index is 3.66. The van der Waals surface area contributed by atoms with E-state index in [1.165, 1.54) is 64.3 Å². The van der Waals surface area contributed by atoms with E-state index < -0.39 is 0 Å². The van der Waals surface area contributed by atoms with Crippen molar-refractivity contribution < 1.29 is 0 Å². The maximum Gasteiger partial charge on any atom is 0.00698 e. The Morgan fingerprint density at radius 3 is 2.60 bits per heavy atom. The monoisotopic (exact) mass is 211 g/mol. The molecule has 1 rings (SSSR count). The molecule has 1 saturated carbocycles. The van der Waals surface area contributed by atoms with Gasteiger partial charge in [-0.25, -0.2) is 0 Å². The molecule has 90 valence electrons. The van der Waals surface area contributed by atoms with Crippen LogP contribution in [0, 0.1) is 5.92 Å². The van der Waals surface area contributed by atoms with E-state index in [-0.39, 0.29) is 0 Å². The lowest BCUT2D eigenvalue weighted by Crippen LogP contribution is -2.26. The van der Waals surface area contributed by atoms with E-state index in [0.29, 0.717) is 0 Å². The second-order valence-electron chi connectivity index (χ2n) is 5.18. The van der Waals surface area contributed by atoms with Crippen LogP contribution in [0.15, 0.2) is 0 Å². The SMILES string of the molecule is CCCCCCC1CCC(NCCC)C1. The van der Waals surface area contributed by atoms with Crippen molar-refractivity contribution >= 4 is 0 Å². The quantitative estimate of drug-likeness (QED) is 0.595. The first-order valence-corrected chi connectivity index (χ1v) is 7.10. The van der Waals surface area contributed by atoms with Gasteiger partial charge in [0.05, 0.1) is 0 Å². The van der Waals surface area contributed by atoms with Crippen molar-refractivity contribution in [2.75, 3.05) is 6.54 Å². The van der Waals surface area contributed by atoms with E-state index in [0.717, 1.165) is 12.0 Å². The first kappa shape index (κ1) is 13.0. The van der Waals surface area contributed by atoms with E-state index in [9.17, 15) is 0 Å². The summed E-state index contributed by atoms with van der Waals surface area (Å²) in [6.45, 7) is 5.76. The normalized spacial score (nSPS) is 26.0. The van der Waals surface area contributed by atoms with Crippen molar-refractivity contribution in [3.8, 4) is 0 Å². The van der Waals surface area contributed by atoms with Crippen molar-refractivity contribution in [3.05, 3.63) is 0 Å². The highest BCUT2D eigenvalue weighted by atomic mass is 14.9. The van der Waals surface area contributed by atoms with Gasteiger partial charge in [-0.2, -0.15) is 0 Å². The third kappa shape index (κ3) is 5.55. The summed E-state index contributed by atoms with van der Waals surface area (Å²) in [5.41, 5.74) is 0. The fourth-order valence-corrected chi connectivity index (χ4v) is 2.73. The van der Waals surface area contributed by atoms with Gasteiger partial charge in [-0.15, -0.1) is 0 Å². The van der Waals surface area contributed by atoms with Crippen LogP contribution in [0.2, 0.25) is 0 Å². The summed E-state index contributed by atoms with van der Waals surface area (Å²) < 4.78 is 0. The van der Waals surface area contributed by atoms with Gasteiger partial charge in [0.25, 0.3) is 0 Å². The molecule has 0 bridgehead atoms. The molecule has 0 heterocycles. The lowest BCUT2D eigenvalue weighted by atomic mass is 9.99. The van der Waals surface area contributed by atoms with Gasteiger partial charge in [-0.1, -0.05) is 46.0 Å². The van der Waals surface area contributed by atoms with Crippen LogP contribution < -0.4 is 5.32 Å². The average Bonchev–Trinajstić information content (AvgIpc) is 2.69. The molecule has 15 heavy (non-hydrogen) atoms. The molecule has 1 aliphatic carbocycles. The molecule has 0 spiro atoms. The number of unbranched alkanes of at least 4 members (excludes halogenated alkanes) is 3. The topological polar surface area (TPSA) is 12.0 Å².